The molecular weight excluding hydrogens is 208 g/mol. The van der Waals surface area contributed by atoms with Crippen LogP contribution in [-0.2, 0) is 11.2 Å². The fraction of sp³-hybridized carbons (Fsp3) is 0.273. The number of nitrogens with one attached hydrogen (secondary N) is 1. The molecule has 0 bridgehead atoms. The second-order valence-electron chi connectivity index (χ2n) is 3.55. The van der Waals surface area contributed by atoms with Crippen LogP contribution in [0.4, 0.5) is 16.2 Å². The number of para-hydroxylation sites is 1. The third-order valence-electron chi connectivity index (χ3n) is 2.60. The molecule has 0 aromatic heterocycles. The number of rotatable bonds is 3. The van der Waals surface area contributed by atoms with E-state index in [1.165, 1.54) is 0 Å². The molecule has 0 aliphatic carbocycles. The molecule has 0 fully saturated rings. The monoisotopic (exact) mass is 220 g/mol. The van der Waals surface area contributed by atoms with Gasteiger partial charge in [0.25, 0.3) is 0 Å². The van der Waals surface area contributed by atoms with E-state index in [2.05, 4.69) is 5.32 Å². The first-order chi connectivity index (χ1) is 7.74. The standard InChI is InChI=1S/C11H12N2O3/c14-7-6-13(11(15)16)9-3-1-2-8-4-5-12-10(8)9/h1-3,7,12H,4-6H2,(H,15,16). The average molecular weight is 220 g/mol. The molecule has 16 heavy (non-hydrogen) atoms. The van der Waals surface area contributed by atoms with Gasteiger partial charge in [-0.25, -0.2) is 4.79 Å². The van der Waals surface area contributed by atoms with Crippen LogP contribution in [0.25, 0.3) is 0 Å². The van der Waals surface area contributed by atoms with Crippen LogP contribution in [0.2, 0.25) is 0 Å². The molecule has 0 spiro atoms. The van der Waals surface area contributed by atoms with E-state index >= 15 is 0 Å². The van der Waals surface area contributed by atoms with Crippen LogP contribution >= 0.6 is 0 Å². The number of hydrogen-bond acceptors (Lipinski definition) is 3. The number of carboxylic acid groups (broad SMARTS) is 1. The SMILES string of the molecule is O=CCN(C(=O)O)c1cccc2c1NCC2. The summed E-state index contributed by atoms with van der Waals surface area (Å²) in [4.78, 5) is 22.5. The maximum Gasteiger partial charge on any atom is 0.412 e. The van der Waals surface area contributed by atoms with Crippen molar-refractivity contribution in [2.24, 2.45) is 0 Å². The van der Waals surface area contributed by atoms with Crippen molar-refractivity contribution in [1.29, 1.82) is 0 Å². The maximum atomic E-state index is 11.0. The number of fused-ring (bicyclic) bond motifs is 1. The van der Waals surface area contributed by atoms with Gasteiger partial charge >= 0.3 is 6.09 Å². The molecule has 0 unspecified atom stereocenters. The van der Waals surface area contributed by atoms with E-state index < -0.39 is 6.09 Å². The zero-order chi connectivity index (χ0) is 11.5. The van der Waals surface area contributed by atoms with Crippen LogP contribution < -0.4 is 10.2 Å². The summed E-state index contributed by atoms with van der Waals surface area (Å²) in [6.07, 6.45) is 0.356. The Morgan fingerprint density at radius 3 is 3.06 bits per heavy atom. The maximum absolute atomic E-state index is 11.0. The number of hydrogen-bond donors (Lipinski definition) is 2. The molecule has 1 amide bonds. The first kappa shape index (κ1) is 10.5. The number of carbonyl (C=O) groups excluding carboxylic acids is 1. The van der Waals surface area contributed by atoms with Crippen molar-refractivity contribution in [3.8, 4) is 0 Å². The summed E-state index contributed by atoms with van der Waals surface area (Å²) in [6, 6.07) is 5.47. The first-order valence-electron chi connectivity index (χ1n) is 5.04. The molecule has 5 heteroatoms. The van der Waals surface area contributed by atoms with Gasteiger partial charge in [0.2, 0.25) is 0 Å². The van der Waals surface area contributed by atoms with Crippen LogP contribution in [0.5, 0.6) is 0 Å². The van der Waals surface area contributed by atoms with Gasteiger partial charge in [0, 0.05) is 6.54 Å². The Labute approximate surface area is 92.7 Å². The lowest BCUT2D eigenvalue weighted by molar-refractivity contribution is -0.106. The van der Waals surface area contributed by atoms with Gasteiger partial charge < -0.3 is 15.2 Å². The molecule has 1 aliphatic rings. The third kappa shape index (κ3) is 1.71. The lowest BCUT2D eigenvalue weighted by Crippen LogP contribution is -2.31. The minimum Gasteiger partial charge on any atom is -0.465 e. The number of amides is 1. The predicted octanol–water partition coefficient (Wildman–Crippen LogP) is 1.34. The van der Waals surface area contributed by atoms with Gasteiger partial charge in [-0.2, -0.15) is 0 Å². The third-order valence-corrected chi connectivity index (χ3v) is 2.60. The number of carbonyl (C=O) groups is 2. The normalized spacial score (nSPS) is 12.8. The Kier molecular flexibility index (Phi) is 2.76. The lowest BCUT2D eigenvalue weighted by atomic mass is 10.1. The van der Waals surface area contributed by atoms with Crippen LogP contribution in [0.3, 0.4) is 0 Å². The highest BCUT2D eigenvalue weighted by atomic mass is 16.4. The second-order valence-corrected chi connectivity index (χ2v) is 3.55. The summed E-state index contributed by atoms with van der Waals surface area (Å²) in [6.45, 7) is 0.661. The number of anilines is 2. The molecule has 2 rings (SSSR count). The number of aldehydes is 1. The fourth-order valence-electron chi connectivity index (χ4n) is 1.90. The summed E-state index contributed by atoms with van der Waals surface area (Å²) in [7, 11) is 0. The van der Waals surface area contributed by atoms with E-state index in [1.54, 1.807) is 6.07 Å². The zero-order valence-electron chi connectivity index (χ0n) is 8.64. The van der Waals surface area contributed by atoms with Crippen LogP contribution in [0.1, 0.15) is 5.56 Å². The van der Waals surface area contributed by atoms with E-state index in [0.29, 0.717) is 12.0 Å². The predicted molar refractivity (Wildman–Crippen MR) is 60.1 cm³/mol. The Hall–Kier alpha value is -2.04. The molecule has 1 heterocycles. The number of nitrogens with zero attached hydrogens (tertiary/aromatic N) is 1. The average Bonchev–Trinajstić information content (AvgIpc) is 2.73. The van der Waals surface area contributed by atoms with E-state index in [9.17, 15) is 9.59 Å². The van der Waals surface area contributed by atoms with E-state index in [4.69, 9.17) is 5.11 Å². The van der Waals surface area contributed by atoms with Gasteiger partial charge in [0.15, 0.2) is 0 Å². The van der Waals surface area contributed by atoms with E-state index in [0.717, 1.165) is 29.1 Å². The summed E-state index contributed by atoms with van der Waals surface area (Å²) >= 11 is 0. The minimum absolute atomic E-state index is 0.145. The Bertz CT molecular complexity index is 431. The highest BCUT2D eigenvalue weighted by Gasteiger charge is 2.21. The zero-order valence-corrected chi connectivity index (χ0v) is 8.64. The molecule has 84 valence electrons. The van der Waals surface area contributed by atoms with Gasteiger partial charge in [-0.1, -0.05) is 12.1 Å². The van der Waals surface area contributed by atoms with E-state index in [-0.39, 0.29) is 6.54 Å². The molecule has 1 aromatic rings. The van der Waals surface area contributed by atoms with Crippen molar-refractivity contribution < 1.29 is 14.7 Å². The smallest absolute Gasteiger partial charge is 0.412 e. The van der Waals surface area contributed by atoms with Crippen molar-refractivity contribution >= 4 is 23.8 Å². The Balaban J connectivity index is 2.41. The largest absolute Gasteiger partial charge is 0.465 e. The molecular formula is C11H12N2O3. The minimum atomic E-state index is -1.12. The quantitative estimate of drug-likeness (QED) is 0.754. The fourth-order valence-corrected chi connectivity index (χ4v) is 1.90. The molecule has 0 saturated heterocycles. The molecule has 0 radical (unpaired) electrons. The second kappa shape index (κ2) is 4.22. The van der Waals surface area contributed by atoms with Gasteiger partial charge in [0.1, 0.15) is 6.29 Å². The van der Waals surface area contributed by atoms with Crippen LogP contribution in [0, 0.1) is 0 Å². The summed E-state index contributed by atoms with van der Waals surface area (Å²) in [5.41, 5.74) is 2.47. The van der Waals surface area contributed by atoms with Crippen molar-refractivity contribution in [2.45, 2.75) is 6.42 Å². The van der Waals surface area contributed by atoms with Crippen molar-refractivity contribution in [1.82, 2.24) is 0 Å². The number of benzene rings is 1. The molecule has 1 aliphatic heterocycles. The van der Waals surface area contributed by atoms with E-state index in [1.807, 2.05) is 12.1 Å². The molecule has 2 N–H and O–H groups in total. The molecule has 1 aromatic carbocycles. The highest BCUT2D eigenvalue weighted by Crippen LogP contribution is 2.33. The Morgan fingerprint density at radius 1 is 1.56 bits per heavy atom. The highest BCUT2D eigenvalue weighted by molar-refractivity contribution is 5.94. The van der Waals surface area contributed by atoms with Crippen molar-refractivity contribution in [2.75, 3.05) is 23.3 Å². The lowest BCUT2D eigenvalue weighted by Gasteiger charge is -2.19. The summed E-state index contributed by atoms with van der Waals surface area (Å²) in [5.74, 6) is 0. The van der Waals surface area contributed by atoms with Gasteiger partial charge in [-0.3, -0.25) is 4.90 Å². The molecule has 0 saturated carbocycles. The van der Waals surface area contributed by atoms with Crippen molar-refractivity contribution in [3.63, 3.8) is 0 Å². The van der Waals surface area contributed by atoms with Gasteiger partial charge in [0.05, 0.1) is 17.9 Å². The van der Waals surface area contributed by atoms with Gasteiger partial charge in [-0.15, -0.1) is 0 Å². The van der Waals surface area contributed by atoms with Crippen LogP contribution in [0.15, 0.2) is 18.2 Å². The summed E-state index contributed by atoms with van der Waals surface area (Å²) < 4.78 is 0. The molecule has 5 nitrogen and oxygen atoms in total. The first-order valence-corrected chi connectivity index (χ1v) is 5.04. The molecule has 0 atom stereocenters. The summed E-state index contributed by atoms with van der Waals surface area (Å²) in [5, 5.41) is 12.2. The van der Waals surface area contributed by atoms with Crippen LogP contribution in [-0.4, -0.2) is 30.6 Å². The van der Waals surface area contributed by atoms with Gasteiger partial charge in [-0.05, 0) is 18.1 Å². The van der Waals surface area contributed by atoms with Crippen molar-refractivity contribution in [3.05, 3.63) is 23.8 Å². The Morgan fingerprint density at radius 2 is 2.38 bits per heavy atom. The topological polar surface area (TPSA) is 69.6 Å².